The van der Waals surface area contributed by atoms with Gasteiger partial charge in [-0.1, -0.05) is 25.1 Å². The van der Waals surface area contributed by atoms with Crippen molar-refractivity contribution >= 4 is 17.7 Å². The molecule has 0 aliphatic rings. The molecule has 1 unspecified atom stereocenters. The Hall–Kier alpha value is -3.50. The summed E-state index contributed by atoms with van der Waals surface area (Å²) in [5.74, 6) is -5.36. The Labute approximate surface area is 230 Å². The van der Waals surface area contributed by atoms with E-state index < -0.39 is 40.9 Å². The minimum Gasteiger partial charge on any atom is -0.439 e. The highest BCUT2D eigenvalue weighted by Gasteiger charge is 2.70. The van der Waals surface area contributed by atoms with Crippen LogP contribution in [0.2, 0.25) is 0 Å². The number of anilines is 1. The molecule has 0 spiro atoms. The van der Waals surface area contributed by atoms with E-state index in [9.17, 15) is 31.5 Å². The van der Waals surface area contributed by atoms with Gasteiger partial charge in [0.1, 0.15) is 5.60 Å². The summed E-state index contributed by atoms with van der Waals surface area (Å²) in [6.45, 7) is 9.85. The molecule has 0 aliphatic heterocycles. The Morgan fingerprint density at radius 2 is 1.55 bits per heavy atom. The monoisotopic (exact) mass is 572 g/mol. The Bertz CT molecular complexity index is 1270. The summed E-state index contributed by atoms with van der Waals surface area (Å²) in [5.41, 5.74) is -5.19. The number of alkyl halides is 6. The lowest BCUT2D eigenvalue weighted by Crippen LogP contribution is -2.51. The third-order valence-corrected chi connectivity index (χ3v) is 6.38. The van der Waals surface area contributed by atoms with Gasteiger partial charge in [0.15, 0.2) is 0 Å². The molecule has 0 aromatic heterocycles. The van der Waals surface area contributed by atoms with Crippen LogP contribution in [0.4, 0.5) is 36.8 Å². The van der Waals surface area contributed by atoms with E-state index in [1.807, 2.05) is 0 Å². The van der Waals surface area contributed by atoms with Gasteiger partial charge in [-0.2, -0.15) is 13.2 Å². The molecule has 2 N–H and O–H groups in total. The Morgan fingerprint density at radius 1 is 0.925 bits per heavy atom. The van der Waals surface area contributed by atoms with Crippen molar-refractivity contribution in [2.45, 2.75) is 84.8 Å². The van der Waals surface area contributed by atoms with Crippen molar-refractivity contribution in [1.82, 2.24) is 5.32 Å². The molecular formula is C29H34F6N2O3. The van der Waals surface area contributed by atoms with Gasteiger partial charge >= 0.3 is 12.3 Å². The van der Waals surface area contributed by atoms with Crippen LogP contribution in [0.15, 0.2) is 42.5 Å². The number of hydrogen-bond donors (Lipinski definition) is 2. The van der Waals surface area contributed by atoms with E-state index in [4.69, 9.17) is 4.74 Å². The molecule has 2 aromatic rings. The molecule has 2 rings (SSSR count). The van der Waals surface area contributed by atoms with Crippen molar-refractivity contribution in [3.8, 4) is 0 Å². The van der Waals surface area contributed by atoms with E-state index in [0.29, 0.717) is 23.3 Å². The van der Waals surface area contributed by atoms with Gasteiger partial charge in [-0.05, 0) is 87.6 Å². The third kappa shape index (κ3) is 7.17. The highest BCUT2D eigenvalue weighted by Crippen LogP contribution is 2.53. The SMILES string of the molecule is CC=CC(C)(C)OC(=O)NCc1ccc(C(=O)Nc2c(C)cc(C(F)(C(C)(F)F)C(F)(F)F)cc2CC)cc1C. The van der Waals surface area contributed by atoms with Crippen LogP contribution in [0, 0.1) is 13.8 Å². The molecule has 0 bridgehead atoms. The van der Waals surface area contributed by atoms with Gasteiger partial charge in [-0.25, -0.2) is 18.0 Å². The zero-order valence-corrected chi connectivity index (χ0v) is 23.4. The number of aryl methyl sites for hydroxylation is 3. The lowest BCUT2D eigenvalue weighted by molar-refractivity contribution is -0.304. The van der Waals surface area contributed by atoms with Gasteiger partial charge in [0, 0.05) is 30.3 Å². The first-order chi connectivity index (χ1) is 18.3. The molecule has 0 saturated carbocycles. The summed E-state index contributed by atoms with van der Waals surface area (Å²) in [6.07, 6.45) is -2.97. The molecule has 0 fully saturated rings. The van der Waals surface area contributed by atoms with E-state index in [0.717, 1.165) is 0 Å². The van der Waals surface area contributed by atoms with Gasteiger partial charge < -0.3 is 15.4 Å². The maximum Gasteiger partial charge on any atom is 0.432 e. The molecule has 2 aromatic carbocycles. The first kappa shape index (κ1) is 32.7. The molecule has 2 amide bonds. The Balaban J connectivity index is 2.28. The number of rotatable bonds is 9. The first-order valence-corrected chi connectivity index (χ1v) is 12.6. The topological polar surface area (TPSA) is 67.4 Å². The molecule has 1 atom stereocenters. The lowest BCUT2D eigenvalue weighted by atomic mass is 9.86. The minimum atomic E-state index is -5.87. The fraction of sp³-hybridized carbons (Fsp3) is 0.448. The molecule has 0 radical (unpaired) electrons. The standard InChI is InChI=1S/C29H34F6N2O3/c1-8-12-26(5,6)40-25(39)36-16-21-11-10-20(13-17(21)3)24(38)37-23-18(4)14-22(15-19(23)9-2)28(32,27(7,30)31)29(33,34)35/h8,10-15H,9,16H2,1-7H3,(H,36,39)(H,37,38). The van der Waals surface area contributed by atoms with E-state index in [2.05, 4.69) is 10.6 Å². The predicted molar refractivity (Wildman–Crippen MR) is 141 cm³/mol. The van der Waals surface area contributed by atoms with E-state index in [-0.39, 0.29) is 42.3 Å². The number of ether oxygens (including phenoxy) is 1. The van der Waals surface area contributed by atoms with Crippen LogP contribution < -0.4 is 10.6 Å². The Morgan fingerprint density at radius 3 is 2.05 bits per heavy atom. The van der Waals surface area contributed by atoms with Crippen LogP contribution in [0.3, 0.4) is 0 Å². The van der Waals surface area contributed by atoms with Crippen LogP contribution in [-0.2, 0) is 23.4 Å². The molecule has 40 heavy (non-hydrogen) atoms. The lowest BCUT2D eigenvalue weighted by Gasteiger charge is -2.34. The zero-order chi connectivity index (χ0) is 30.7. The van der Waals surface area contributed by atoms with Gasteiger partial charge in [0.2, 0.25) is 0 Å². The number of allylic oxidation sites excluding steroid dienone is 1. The van der Waals surface area contributed by atoms with Gasteiger partial charge in [0.05, 0.1) is 0 Å². The van der Waals surface area contributed by atoms with Crippen LogP contribution in [0.5, 0.6) is 0 Å². The fourth-order valence-corrected chi connectivity index (χ4v) is 4.28. The van der Waals surface area contributed by atoms with Crippen molar-refractivity contribution < 1.29 is 40.7 Å². The van der Waals surface area contributed by atoms with Crippen LogP contribution in [0.25, 0.3) is 0 Å². The largest absolute Gasteiger partial charge is 0.439 e. The zero-order valence-electron chi connectivity index (χ0n) is 23.4. The highest BCUT2D eigenvalue weighted by molar-refractivity contribution is 6.05. The van der Waals surface area contributed by atoms with Crippen molar-refractivity contribution in [3.05, 3.63) is 75.9 Å². The summed E-state index contributed by atoms with van der Waals surface area (Å²) in [7, 11) is 0. The predicted octanol–water partition coefficient (Wildman–Crippen LogP) is 8.08. The number of alkyl carbamates (subject to hydrolysis) is 1. The number of benzene rings is 2. The van der Waals surface area contributed by atoms with Crippen molar-refractivity contribution in [1.29, 1.82) is 0 Å². The maximum atomic E-state index is 15.0. The summed E-state index contributed by atoms with van der Waals surface area (Å²) >= 11 is 0. The fourth-order valence-electron chi connectivity index (χ4n) is 4.28. The molecule has 0 heterocycles. The summed E-state index contributed by atoms with van der Waals surface area (Å²) in [5, 5.41) is 5.25. The second kappa shape index (κ2) is 11.9. The first-order valence-electron chi connectivity index (χ1n) is 12.6. The third-order valence-electron chi connectivity index (χ3n) is 6.38. The quantitative estimate of drug-likeness (QED) is 0.236. The summed E-state index contributed by atoms with van der Waals surface area (Å²) in [6, 6.07) is 6.07. The Kier molecular flexibility index (Phi) is 9.76. The maximum absolute atomic E-state index is 15.0. The van der Waals surface area contributed by atoms with Gasteiger partial charge in [-0.3, -0.25) is 4.79 Å². The van der Waals surface area contributed by atoms with E-state index in [1.165, 1.54) is 13.0 Å². The molecule has 220 valence electrons. The van der Waals surface area contributed by atoms with Gasteiger partial charge in [-0.15, -0.1) is 0 Å². The van der Waals surface area contributed by atoms with Crippen LogP contribution in [-0.4, -0.2) is 29.7 Å². The van der Waals surface area contributed by atoms with Crippen LogP contribution >= 0.6 is 0 Å². The van der Waals surface area contributed by atoms with Crippen molar-refractivity contribution in [2.75, 3.05) is 5.32 Å². The normalized spacial score (nSPS) is 14.1. The smallest absolute Gasteiger partial charge is 0.432 e. The number of carbonyl (C=O) groups is 2. The van der Waals surface area contributed by atoms with E-state index in [1.54, 1.807) is 58.9 Å². The van der Waals surface area contributed by atoms with Crippen molar-refractivity contribution in [2.24, 2.45) is 0 Å². The summed E-state index contributed by atoms with van der Waals surface area (Å²) < 4.78 is 88.7. The number of halogens is 6. The number of amides is 2. The average Bonchev–Trinajstić information content (AvgIpc) is 2.81. The number of carbonyl (C=O) groups excluding carboxylic acids is 2. The molecule has 0 saturated heterocycles. The molecule has 11 heteroatoms. The van der Waals surface area contributed by atoms with Crippen LogP contribution in [0.1, 0.15) is 72.8 Å². The second-order valence-corrected chi connectivity index (χ2v) is 10.2. The number of hydrogen-bond acceptors (Lipinski definition) is 3. The average molecular weight is 573 g/mol. The molecule has 5 nitrogen and oxygen atoms in total. The van der Waals surface area contributed by atoms with Gasteiger partial charge in [0.25, 0.3) is 17.5 Å². The highest BCUT2D eigenvalue weighted by atomic mass is 19.4. The van der Waals surface area contributed by atoms with Crippen molar-refractivity contribution in [3.63, 3.8) is 0 Å². The number of nitrogens with one attached hydrogen (secondary N) is 2. The summed E-state index contributed by atoms with van der Waals surface area (Å²) in [4.78, 5) is 25.1. The molecule has 0 aliphatic carbocycles. The second-order valence-electron chi connectivity index (χ2n) is 10.2. The molecular weight excluding hydrogens is 538 g/mol. The van der Waals surface area contributed by atoms with E-state index >= 15 is 4.39 Å². The minimum absolute atomic E-state index is 0.00452.